The molecule has 0 spiro atoms. The molecule has 6 heteroatoms. The van der Waals surface area contributed by atoms with Gasteiger partial charge in [0, 0.05) is 23.7 Å². The molecule has 0 saturated heterocycles. The molecule has 1 amide bonds. The van der Waals surface area contributed by atoms with Crippen molar-refractivity contribution in [2.24, 2.45) is 0 Å². The predicted molar refractivity (Wildman–Crippen MR) is 73.5 cm³/mol. The molecule has 1 aromatic rings. The molecule has 104 valence electrons. The number of carbonyl (C=O) groups is 2. The van der Waals surface area contributed by atoms with Crippen LogP contribution in [0.5, 0.6) is 0 Å². The molecule has 0 aliphatic carbocycles. The monoisotopic (exact) mass is 284 g/mol. The molecule has 0 aliphatic rings. The van der Waals surface area contributed by atoms with E-state index in [4.69, 9.17) is 16.7 Å². The number of aliphatic carboxylic acids is 1. The minimum Gasteiger partial charge on any atom is -0.480 e. The van der Waals surface area contributed by atoms with Gasteiger partial charge in [-0.05, 0) is 32.3 Å². The highest BCUT2D eigenvalue weighted by Gasteiger charge is 2.18. The SMILES string of the molecule is CN(C)CCN(CC(=O)O)C(=O)c1cccc(Cl)c1. The topological polar surface area (TPSA) is 60.9 Å². The van der Waals surface area contributed by atoms with Gasteiger partial charge in [-0.15, -0.1) is 0 Å². The van der Waals surface area contributed by atoms with Crippen LogP contribution in [0.3, 0.4) is 0 Å². The molecule has 0 aromatic heterocycles. The molecule has 19 heavy (non-hydrogen) atoms. The van der Waals surface area contributed by atoms with Crippen LogP contribution in [0.1, 0.15) is 10.4 Å². The van der Waals surface area contributed by atoms with Crippen molar-refractivity contribution in [2.45, 2.75) is 0 Å². The number of carboxylic acid groups (broad SMARTS) is 1. The lowest BCUT2D eigenvalue weighted by atomic mass is 10.2. The third kappa shape index (κ3) is 5.28. The molecule has 0 unspecified atom stereocenters. The summed E-state index contributed by atoms with van der Waals surface area (Å²) in [5.41, 5.74) is 0.396. The Kier molecular flexibility index (Phi) is 5.79. The lowest BCUT2D eigenvalue weighted by molar-refractivity contribution is -0.137. The molecule has 0 aliphatic heterocycles. The Hall–Kier alpha value is -1.59. The number of likely N-dealkylation sites (N-methyl/N-ethyl adjacent to an activating group) is 1. The maximum atomic E-state index is 12.2. The normalized spacial score (nSPS) is 10.5. The summed E-state index contributed by atoms with van der Waals surface area (Å²) in [6, 6.07) is 6.49. The molecular weight excluding hydrogens is 268 g/mol. The fourth-order valence-corrected chi connectivity index (χ4v) is 1.73. The Morgan fingerprint density at radius 1 is 1.26 bits per heavy atom. The third-order valence-electron chi connectivity index (χ3n) is 2.50. The molecule has 0 atom stereocenters. The number of halogens is 1. The van der Waals surface area contributed by atoms with E-state index in [2.05, 4.69) is 0 Å². The second kappa shape index (κ2) is 7.11. The number of hydrogen-bond donors (Lipinski definition) is 1. The fraction of sp³-hybridized carbons (Fsp3) is 0.385. The minimum atomic E-state index is -1.03. The van der Waals surface area contributed by atoms with Crippen LogP contribution in [-0.2, 0) is 4.79 Å². The molecule has 1 N–H and O–H groups in total. The number of hydrogen-bond acceptors (Lipinski definition) is 3. The van der Waals surface area contributed by atoms with E-state index < -0.39 is 5.97 Å². The Balaban J connectivity index is 2.83. The molecule has 0 radical (unpaired) electrons. The van der Waals surface area contributed by atoms with Gasteiger partial charge in [0.2, 0.25) is 0 Å². The van der Waals surface area contributed by atoms with E-state index in [9.17, 15) is 9.59 Å². The standard InChI is InChI=1S/C13H17ClN2O3/c1-15(2)6-7-16(9-12(17)18)13(19)10-4-3-5-11(14)8-10/h3-5,8H,6-7,9H2,1-2H3,(H,17,18). The van der Waals surface area contributed by atoms with Crippen LogP contribution < -0.4 is 0 Å². The summed E-state index contributed by atoms with van der Waals surface area (Å²) < 4.78 is 0. The summed E-state index contributed by atoms with van der Waals surface area (Å²) >= 11 is 5.83. The highest BCUT2D eigenvalue weighted by Crippen LogP contribution is 2.12. The number of carbonyl (C=O) groups excluding carboxylic acids is 1. The minimum absolute atomic E-state index is 0.320. The second-order valence-electron chi connectivity index (χ2n) is 4.43. The van der Waals surface area contributed by atoms with Gasteiger partial charge >= 0.3 is 5.97 Å². The van der Waals surface area contributed by atoms with Gasteiger partial charge in [0.05, 0.1) is 0 Å². The Bertz CT molecular complexity index is 463. The summed E-state index contributed by atoms with van der Waals surface area (Å²) in [6.45, 7) is 0.628. The van der Waals surface area contributed by atoms with Gasteiger partial charge < -0.3 is 14.9 Å². The van der Waals surface area contributed by atoms with Crippen molar-refractivity contribution in [3.8, 4) is 0 Å². The first kappa shape index (κ1) is 15.5. The summed E-state index contributed by atoms with van der Waals surface area (Å²) in [7, 11) is 3.73. The number of carboxylic acids is 1. The molecule has 1 rings (SSSR count). The summed E-state index contributed by atoms with van der Waals surface area (Å²) in [6.07, 6.45) is 0. The van der Waals surface area contributed by atoms with Crippen molar-refractivity contribution < 1.29 is 14.7 Å². The Morgan fingerprint density at radius 2 is 1.95 bits per heavy atom. The lowest BCUT2D eigenvalue weighted by Crippen LogP contribution is -2.40. The van der Waals surface area contributed by atoms with Crippen LogP contribution in [0, 0.1) is 0 Å². The summed E-state index contributed by atoms with van der Waals surface area (Å²) in [4.78, 5) is 26.2. The number of benzene rings is 1. The van der Waals surface area contributed by atoms with Gasteiger partial charge in [-0.1, -0.05) is 17.7 Å². The number of amides is 1. The molecule has 5 nitrogen and oxygen atoms in total. The maximum Gasteiger partial charge on any atom is 0.323 e. The smallest absolute Gasteiger partial charge is 0.323 e. The van der Waals surface area contributed by atoms with E-state index in [0.29, 0.717) is 23.7 Å². The second-order valence-corrected chi connectivity index (χ2v) is 4.87. The first-order valence-electron chi connectivity index (χ1n) is 5.81. The fourth-order valence-electron chi connectivity index (χ4n) is 1.54. The first-order chi connectivity index (χ1) is 8.90. The van der Waals surface area contributed by atoms with E-state index in [1.54, 1.807) is 18.2 Å². The predicted octanol–water partition coefficient (Wildman–Crippen LogP) is 1.43. The number of nitrogens with zero attached hydrogens (tertiary/aromatic N) is 2. The van der Waals surface area contributed by atoms with Gasteiger partial charge in [-0.25, -0.2) is 0 Å². The first-order valence-corrected chi connectivity index (χ1v) is 6.19. The molecule has 1 aromatic carbocycles. The zero-order valence-corrected chi connectivity index (χ0v) is 11.7. The van der Waals surface area contributed by atoms with Crippen molar-refractivity contribution in [3.63, 3.8) is 0 Å². The van der Waals surface area contributed by atoms with Crippen LogP contribution in [0.25, 0.3) is 0 Å². The van der Waals surface area contributed by atoms with Gasteiger partial charge in [0.1, 0.15) is 6.54 Å². The average Bonchev–Trinajstić information content (AvgIpc) is 2.33. The van der Waals surface area contributed by atoms with Crippen LogP contribution in [0.2, 0.25) is 5.02 Å². The third-order valence-corrected chi connectivity index (χ3v) is 2.74. The quantitative estimate of drug-likeness (QED) is 0.858. The summed E-state index contributed by atoms with van der Waals surface area (Å²) in [5, 5.41) is 9.32. The van der Waals surface area contributed by atoms with Crippen molar-refractivity contribution in [2.75, 3.05) is 33.7 Å². The van der Waals surface area contributed by atoms with Gasteiger partial charge in [0.25, 0.3) is 5.91 Å². The number of rotatable bonds is 6. The van der Waals surface area contributed by atoms with Crippen LogP contribution in [0.4, 0.5) is 0 Å². The van der Waals surface area contributed by atoms with Crippen molar-refractivity contribution in [1.82, 2.24) is 9.80 Å². The van der Waals surface area contributed by atoms with Crippen LogP contribution >= 0.6 is 11.6 Å². The zero-order chi connectivity index (χ0) is 14.4. The molecule has 0 saturated carbocycles. The van der Waals surface area contributed by atoms with Crippen molar-refractivity contribution in [1.29, 1.82) is 0 Å². The highest BCUT2D eigenvalue weighted by molar-refractivity contribution is 6.30. The van der Waals surface area contributed by atoms with Gasteiger partial charge in [-0.2, -0.15) is 0 Å². The van der Waals surface area contributed by atoms with E-state index in [1.807, 2.05) is 19.0 Å². The largest absolute Gasteiger partial charge is 0.480 e. The maximum absolute atomic E-state index is 12.2. The van der Waals surface area contributed by atoms with Crippen LogP contribution in [0.15, 0.2) is 24.3 Å². The van der Waals surface area contributed by atoms with Gasteiger partial charge in [0.15, 0.2) is 0 Å². The molecule has 0 heterocycles. The average molecular weight is 285 g/mol. The zero-order valence-electron chi connectivity index (χ0n) is 11.0. The molecule has 0 fully saturated rings. The Labute approximate surface area is 117 Å². The van der Waals surface area contributed by atoms with E-state index >= 15 is 0 Å². The highest BCUT2D eigenvalue weighted by atomic mass is 35.5. The van der Waals surface area contributed by atoms with Crippen molar-refractivity contribution >= 4 is 23.5 Å². The summed E-state index contributed by atoms with van der Waals surface area (Å²) in [5.74, 6) is -1.36. The Morgan fingerprint density at radius 3 is 2.47 bits per heavy atom. The van der Waals surface area contributed by atoms with Crippen molar-refractivity contribution in [3.05, 3.63) is 34.9 Å². The van der Waals surface area contributed by atoms with Gasteiger partial charge in [-0.3, -0.25) is 9.59 Å². The van der Waals surface area contributed by atoms with E-state index in [-0.39, 0.29) is 12.5 Å². The molecule has 0 bridgehead atoms. The molecular formula is C13H17ClN2O3. The lowest BCUT2D eigenvalue weighted by Gasteiger charge is -2.22. The van der Waals surface area contributed by atoms with E-state index in [0.717, 1.165) is 0 Å². The van der Waals surface area contributed by atoms with E-state index in [1.165, 1.54) is 11.0 Å². The van der Waals surface area contributed by atoms with Crippen LogP contribution in [-0.4, -0.2) is 60.5 Å².